The Bertz CT molecular complexity index is 478. The van der Waals surface area contributed by atoms with E-state index in [1.807, 2.05) is 13.0 Å². The minimum absolute atomic E-state index is 0.0225. The van der Waals surface area contributed by atoms with Crippen LogP contribution >= 0.6 is 0 Å². The SMILES string of the molecule is C[C@@H]1C[C@H](CNC(=O)C[C@@H](C)c2cccc(F)c2)CCO1. The zero-order valence-corrected chi connectivity index (χ0v) is 12.8. The van der Waals surface area contributed by atoms with Gasteiger partial charge in [-0.05, 0) is 49.3 Å². The molecule has 0 bridgehead atoms. The molecule has 3 atom stereocenters. The van der Waals surface area contributed by atoms with Crippen LogP contribution in [-0.2, 0) is 9.53 Å². The Labute approximate surface area is 125 Å². The number of halogens is 1. The maximum Gasteiger partial charge on any atom is 0.220 e. The van der Waals surface area contributed by atoms with Crippen LogP contribution < -0.4 is 5.32 Å². The van der Waals surface area contributed by atoms with Crippen molar-refractivity contribution in [1.29, 1.82) is 0 Å². The van der Waals surface area contributed by atoms with Crippen molar-refractivity contribution < 1.29 is 13.9 Å². The summed E-state index contributed by atoms with van der Waals surface area (Å²) in [5.74, 6) is 0.304. The minimum atomic E-state index is -0.254. The van der Waals surface area contributed by atoms with E-state index < -0.39 is 0 Å². The molecular formula is C17H24FNO2. The van der Waals surface area contributed by atoms with Gasteiger partial charge in [0.2, 0.25) is 5.91 Å². The molecule has 0 spiro atoms. The second-order valence-electron chi connectivity index (χ2n) is 6.04. The molecule has 4 heteroatoms. The van der Waals surface area contributed by atoms with E-state index in [4.69, 9.17) is 4.74 Å². The average molecular weight is 293 g/mol. The molecule has 0 unspecified atom stereocenters. The number of nitrogens with one attached hydrogen (secondary N) is 1. The van der Waals surface area contributed by atoms with Gasteiger partial charge in [0, 0.05) is 19.6 Å². The first-order valence-corrected chi connectivity index (χ1v) is 7.68. The Kier molecular flexibility index (Phi) is 5.74. The highest BCUT2D eigenvalue weighted by Crippen LogP contribution is 2.21. The van der Waals surface area contributed by atoms with E-state index in [2.05, 4.69) is 12.2 Å². The van der Waals surface area contributed by atoms with Gasteiger partial charge < -0.3 is 10.1 Å². The zero-order chi connectivity index (χ0) is 15.2. The number of hydrogen-bond acceptors (Lipinski definition) is 2. The Hall–Kier alpha value is -1.42. The predicted octanol–water partition coefficient (Wildman–Crippen LogP) is 3.25. The van der Waals surface area contributed by atoms with E-state index >= 15 is 0 Å². The molecule has 0 saturated carbocycles. The van der Waals surface area contributed by atoms with E-state index in [1.54, 1.807) is 6.07 Å². The average Bonchev–Trinajstić information content (AvgIpc) is 2.45. The Morgan fingerprint density at radius 3 is 3.05 bits per heavy atom. The molecule has 1 saturated heterocycles. The molecule has 116 valence electrons. The number of carbonyl (C=O) groups is 1. The molecule has 1 amide bonds. The molecule has 1 aliphatic rings. The minimum Gasteiger partial charge on any atom is -0.378 e. The van der Waals surface area contributed by atoms with E-state index in [1.165, 1.54) is 12.1 Å². The Morgan fingerprint density at radius 1 is 1.52 bits per heavy atom. The van der Waals surface area contributed by atoms with Crippen LogP contribution in [0.3, 0.4) is 0 Å². The van der Waals surface area contributed by atoms with Gasteiger partial charge in [-0.15, -0.1) is 0 Å². The summed E-state index contributed by atoms with van der Waals surface area (Å²) in [5, 5.41) is 3.00. The van der Waals surface area contributed by atoms with Gasteiger partial charge in [0.15, 0.2) is 0 Å². The Balaban J connectivity index is 1.76. The van der Waals surface area contributed by atoms with Crippen molar-refractivity contribution in [3.8, 4) is 0 Å². The van der Waals surface area contributed by atoms with Crippen LogP contribution in [0.2, 0.25) is 0 Å². The highest BCUT2D eigenvalue weighted by atomic mass is 19.1. The summed E-state index contributed by atoms with van der Waals surface area (Å²) in [4.78, 5) is 12.0. The number of hydrogen-bond donors (Lipinski definition) is 1. The van der Waals surface area contributed by atoms with Crippen LogP contribution in [0, 0.1) is 11.7 Å². The van der Waals surface area contributed by atoms with Crippen molar-refractivity contribution in [3.05, 3.63) is 35.6 Å². The third-order valence-corrected chi connectivity index (χ3v) is 4.09. The summed E-state index contributed by atoms with van der Waals surface area (Å²) in [6.45, 7) is 5.51. The number of amides is 1. The molecule has 1 N–H and O–H groups in total. The highest BCUT2D eigenvalue weighted by molar-refractivity contribution is 5.76. The first kappa shape index (κ1) is 16.0. The van der Waals surface area contributed by atoms with Gasteiger partial charge in [-0.3, -0.25) is 4.79 Å². The monoisotopic (exact) mass is 293 g/mol. The molecular weight excluding hydrogens is 269 g/mol. The van der Waals surface area contributed by atoms with Gasteiger partial charge in [0.05, 0.1) is 6.10 Å². The fourth-order valence-corrected chi connectivity index (χ4v) is 2.82. The number of carbonyl (C=O) groups excluding carboxylic acids is 1. The van der Waals surface area contributed by atoms with Crippen molar-refractivity contribution in [3.63, 3.8) is 0 Å². The van der Waals surface area contributed by atoms with Gasteiger partial charge in [-0.1, -0.05) is 19.1 Å². The van der Waals surface area contributed by atoms with Crippen molar-refractivity contribution >= 4 is 5.91 Å². The van der Waals surface area contributed by atoms with E-state index in [-0.39, 0.29) is 23.7 Å². The topological polar surface area (TPSA) is 38.3 Å². The summed E-state index contributed by atoms with van der Waals surface area (Å²) < 4.78 is 18.7. The molecule has 0 aromatic heterocycles. The fraction of sp³-hybridized carbons (Fsp3) is 0.588. The summed E-state index contributed by atoms with van der Waals surface area (Å²) in [7, 11) is 0. The van der Waals surface area contributed by atoms with Gasteiger partial charge in [0.25, 0.3) is 0 Å². The summed E-state index contributed by atoms with van der Waals surface area (Å²) in [6.07, 6.45) is 2.68. The standard InChI is InChI=1S/C17H24FNO2/c1-12(15-4-3-5-16(18)10-15)8-17(20)19-11-14-6-7-21-13(2)9-14/h3-5,10,12-14H,6-9,11H2,1-2H3,(H,19,20)/t12-,13-,14-/m1/s1. The second kappa shape index (κ2) is 7.55. The molecule has 1 aliphatic heterocycles. The van der Waals surface area contributed by atoms with Crippen molar-refractivity contribution in [2.75, 3.05) is 13.2 Å². The lowest BCUT2D eigenvalue weighted by atomic mass is 9.95. The lowest BCUT2D eigenvalue weighted by molar-refractivity contribution is -0.121. The molecule has 0 aliphatic carbocycles. The van der Waals surface area contributed by atoms with Gasteiger partial charge in [-0.2, -0.15) is 0 Å². The zero-order valence-electron chi connectivity index (χ0n) is 12.8. The Morgan fingerprint density at radius 2 is 2.33 bits per heavy atom. The van der Waals surface area contributed by atoms with Crippen molar-refractivity contribution in [2.24, 2.45) is 5.92 Å². The molecule has 1 aromatic carbocycles. The molecule has 1 heterocycles. The van der Waals surface area contributed by atoms with E-state index in [0.29, 0.717) is 18.9 Å². The quantitative estimate of drug-likeness (QED) is 0.905. The molecule has 0 radical (unpaired) electrons. The van der Waals surface area contributed by atoms with Crippen LogP contribution in [0.1, 0.15) is 44.6 Å². The van der Waals surface area contributed by atoms with Crippen molar-refractivity contribution in [1.82, 2.24) is 5.32 Å². The number of rotatable bonds is 5. The maximum absolute atomic E-state index is 13.2. The molecule has 1 fully saturated rings. The lowest BCUT2D eigenvalue weighted by Crippen LogP contribution is -2.34. The predicted molar refractivity (Wildman–Crippen MR) is 80.6 cm³/mol. The molecule has 1 aromatic rings. The van der Waals surface area contributed by atoms with Crippen LogP contribution in [0.4, 0.5) is 4.39 Å². The van der Waals surface area contributed by atoms with Gasteiger partial charge in [0.1, 0.15) is 5.82 Å². The highest BCUT2D eigenvalue weighted by Gasteiger charge is 2.20. The smallest absolute Gasteiger partial charge is 0.220 e. The lowest BCUT2D eigenvalue weighted by Gasteiger charge is -2.27. The summed E-state index contributed by atoms with van der Waals surface area (Å²) in [6, 6.07) is 6.46. The maximum atomic E-state index is 13.2. The van der Waals surface area contributed by atoms with E-state index in [0.717, 1.165) is 25.0 Å². The number of ether oxygens (including phenoxy) is 1. The largest absolute Gasteiger partial charge is 0.378 e. The summed E-state index contributed by atoms with van der Waals surface area (Å²) >= 11 is 0. The first-order chi connectivity index (χ1) is 10.0. The van der Waals surface area contributed by atoms with Gasteiger partial charge in [-0.25, -0.2) is 4.39 Å². The van der Waals surface area contributed by atoms with Crippen LogP contribution in [0.25, 0.3) is 0 Å². The van der Waals surface area contributed by atoms with Crippen LogP contribution in [0.5, 0.6) is 0 Å². The third-order valence-electron chi connectivity index (χ3n) is 4.09. The molecule has 2 rings (SSSR count). The third kappa shape index (κ3) is 5.12. The van der Waals surface area contributed by atoms with Gasteiger partial charge >= 0.3 is 0 Å². The van der Waals surface area contributed by atoms with Crippen LogP contribution in [0.15, 0.2) is 24.3 Å². The van der Waals surface area contributed by atoms with Crippen molar-refractivity contribution in [2.45, 2.75) is 45.1 Å². The normalized spacial score (nSPS) is 23.6. The second-order valence-corrected chi connectivity index (χ2v) is 6.04. The van der Waals surface area contributed by atoms with Crippen LogP contribution in [-0.4, -0.2) is 25.2 Å². The summed E-state index contributed by atoms with van der Waals surface area (Å²) in [5.41, 5.74) is 0.866. The fourth-order valence-electron chi connectivity index (χ4n) is 2.82. The molecule has 3 nitrogen and oxygen atoms in total. The number of benzene rings is 1. The van der Waals surface area contributed by atoms with E-state index in [9.17, 15) is 9.18 Å². The molecule has 21 heavy (non-hydrogen) atoms. The first-order valence-electron chi connectivity index (χ1n) is 7.68.